The van der Waals surface area contributed by atoms with Gasteiger partial charge >= 0.3 is 23.5 Å². The van der Waals surface area contributed by atoms with Crippen LogP contribution >= 0.6 is 35.2 Å². The number of thioether (sulfide) groups is 1. The largest absolute Gasteiger partial charge is 0.481 e. The fourth-order valence-electron chi connectivity index (χ4n) is 5.14. The van der Waals surface area contributed by atoms with E-state index in [2.05, 4.69) is 34.4 Å². The Hall–Kier alpha value is -2.48. The predicted molar refractivity (Wildman–Crippen MR) is 186 cm³/mol. The molecule has 4 rings (SSSR count). The van der Waals surface area contributed by atoms with Crippen LogP contribution < -0.4 is 16.4 Å². The molecular weight excluding hydrogens is 823 g/mol. The highest BCUT2D eigenvalue weighted by Gasteiger charge is 2.50. The first kappa shape index (κ1) is 45.2. The summed E-state index contributed by atoms with van der Waals surface area (Å²) in [6.45, 7) is 1.01. The average Bonchev–Trinajstić information content (AvgIpc) is 3.84. The van der Waals surface area contributed by atoms with Crippen molar-refractivity contribution in [3.63, 3.8) is 0 Å². The van der Waals surface area contributed by atoms with Gasteiger partial charge in [-0.05, 0) is 12.8 Å². The number of imidazole rings is 1. The Morgan fingerprint density at radius 3 is 2.47 bits per heavy atom. The van der Waals surface area contributed by atoms with Gasteiger partial charge in [0.05, 0.1) is 19.5 Å². The van der Waals surface area contributed by atoms with Gasteiger partial charge in [0.1, 0.15) is 42.4 Å². The van der Waals surface area contributed by atoms with Gasteiger partial charge in [-0.2, -0.15) is 4.31 Å². The zero-order valence-electron chi connectivity index (χ0n) is 29.2. The van der Waals surface area contributed by atoms with Gasteiger partial charge in [-0.1, -0.05) is 25.6 Å². The number of carbonyl (C=O) groups excluding carboxylic acids is 3. The highest BCUT2D eigenvalue weighted by molar-refractivity contribution is 8.13. The van der Waals surface area contributed by atoms with Crippen LogP contribution in [-0.2, 0) is 55.4 Å². The molecule has 55 heavy (non-hydrogen) atoms. The Morgan fingerprint density at radius 1 is 1.09 bits per heavy atom. The second-order valence-electron chi connectivity index (χ2n) is 12.7. The van der Waals surface area contributed by atoms with Crippen molar-refractivity contribution >= 4 is 69.1 Å². The molecule has 310 valence electrons. The molecule has 8 atom stereocenters. The van der Waals surface area contributed by atoms with Crippen molar-refractivity contribution in [3.8, 4) is 0 Å². The number of carbonyl (C=O) groups is 3. The summed E-state index contributed by atoms with van der Waals surface area (Å²) in [5.74, 6) is -1.14. The Bertz CT molecular complexity index is 1830. The van der Waals surface area contributed by atoms with E-state index in [-0.39, 0.29) is 41.6 Å². The van der Waals surface area contributed by atoms with Gasteiger partial charge in [0.25, 0.3) is 0 Å². The molecule has 0 bridgehead atoms. The molecule has 8 unspecified atom stereocenters. The zero-order chi connectivity index (χ0) is 40.8. The lowest BCUT2D eigenvalue weighted by Gasteiger charge is -2.30. The van der Waals surface area contributed by atoms with Crippen LogP contribution in [0.15, 0.2) is 12.7 Å². The second-order valence-corrected chi connectivity index (χ2v) is 18.1. The standard InChI is InChI=1S/C26H42N7O18P3S/c1-26(2,20(36)23(37)29-6-5-16(34)28-7-9-55-25(38)14-4-3-8-46-14)11-48-54(44,45)51-53(42,43)47-10-15-19(50-52(39,40)41)18(35)24(49-15)33-13-32-17-21(27)30-12-31-22(17)33/h12-15,18-20,24,35-36H,3-11H2,1-2H3,(H,28,34)(H,29,37)(H,42,43)(H,44,45)(H2,27,30,31)(H2,39,40,41). The van der Waals surface area contributed by atoms with Crippen molar-refractivity contribution in [2.45, 2.75) is 69.9 Å². The number of hydrogen-bond acceptors (Lipinski definition) is 19. The summed E-state index contributed by atoms with van der Waals surface area (Å²) in [4.78, 5) is 87.5. The predicted octanol–water partition coefficient (Wildman–Crippen LogP) is -1.16. The van der Waals surface area contributed by atoms with E-state index in [0.717, 1.165) is 35.4 Å². The number of amides is 2. The minimum absolute atomic E-state index is 0.0300. The molecule has 10 N–H and O–H groups in total. The maximum Gasteiger partial charge on any atom is 0.481 e. The van der Waals surface area contributed by atoms with Gasteiger partial charge in [-0.15, -0.1) is 0 Å². The first-order valence-electron chi connectivity index (χ1n) is 16.3. The number of fused-ring (bicyclic) bond motifs is 1. The van der Waals surface area contributed by atoms with E-state index in [1.165, 1.54) is 13.8 Å². The number of nitrogen functional groups attached to an aromatic ring is 1. The van der Waals surface area contributed by atoms with Crippen molar-refractivity contribution in [2.75, 3.05) is 44.4 Å². The van der Waals surface area contributed by atoms with Crippen molar-refractivity contribution < 1.29 is 85.2 Å². The molecule has 2 aromatic rings. The number of nitrogens with two attached hydrogens (primary N) is 1. The van der Waals surface area contributed by atoms with Gasteiger partial charge in [0.2, 0.25) is 16.9 Å². The number of nitrogens with one attached hydrogen (secondary N) is 2. The molecular formula is C26H42N7O18P3S. The van der Waals surface area contributed by atoms with Crippen LogP contribution in [-0.4, -0.2) is 135 Å². The first-order valence-corrected chi connectivity index (χ1v) is 21.8. The maximum atomic E-state index is 12.7. The molecule has 0 aromatic carbocycles. The number of ether oxygens (including phenoxy) is 2. The number of aliphatic hydroxyl groups is 2. The van der Waals surface area contributed by atoms with Crippen molar-refractivity contribution in [1.82, 2.24) is 30.2 Å². The third-order valence-corrected chi connectivity index (χ3v) is 12.0. The normalized spacial score (nSPS) is 24.6. The van der Waals surface area contributed by atoms with Crippen molar-refractivity contribution in [2.24, 2.45) is 5.41 Å². The molecule has 29 heteroatoms. The van der Waals surface area contributed by atoms with Gasteiger partial charge < -0.3 is 55.6 Å². The number of phosphoric acid groups is 3. The van der Waals surface area contributed by atoms with Crippen LogP contribution in [0.3, 0.4) is 0 Å². The lowest BCUT2D eigenvalue weighted by Crippen LogP contribution is -2.46. The van der Waals surface area contributed by atoms with Crippen LogP contribution in [0.5, 0.6) is 0 Å². The molecule has 2 aliphatic heterocycles. The molecule has 2 aliphatic rings. The lowest BCUT2D eigenvalue weighted by atomic mass is 9.87. The third-order valence-electron chi connectivity index (χ3n) is 7.94. The fraction of sp³-hybridized carbons (Fsp3) is 0.692. The molecule has 0 aliphatic carbocycles. The summed E-state index contributed by atoms with van der Waals surface area (Å²) in [6.07, 6.45) is -5.87. The summed E-state index contributed by atoms with van der Waals surface area (Å²) in [5.41, 5.74) is 4.26. The van der Waals surface area contributed by atoms with Crippen LogP contribution in [0, 0.1) is 5.41 Å². The van der Waals surface area contributed by atoms with Gasteiger partial charge in [-0.3, -0.25) is 32.5 Å². The van der Waals surface area contributed by atoms with E-state index in [1.807, 2.05) is 0 Å². The number of hydrogen-bond donors (Lipinski definition) is 9. The zero-order valence-corrected chi connectivity index (χ0v) is 32.7. The van der Waals surface area contributed by atoms with Crippen LogP contribution in [0.25, 0.3) is 11.2 Å². The highest BCUT2D eigenvalue weighted by Crippen LogP contribution is 2.61. The van der Waals surface area contributed by atoms with Crippen molar-refractivity contribution in [1.29, 1.82) is 0 Å². The lowest BCUT2D eigenvalue weighted by molar-refractivity contribution is -0.137. The van der Waals surface area contributed by atoms with Crippen LogP contribution in [0.2, 0.25) is 0 Å². The summed E-state index contributed by atoms with van der Waals surface area (Å²) in [5, 5.41) is 26.2. The minimum atomic E-state index is -5.57. The summed E-state index contributed by atoms with van der Waals surface area (Å²) in [6, 6.07) is 0. The number of nitrogens with zero attached hydrogens (tertiary/aromatic N) is 4. The van der Waals surface area contributed by atoms with E-state index in [4.69, 9.17) is 24.3 Å². The SMILES string of the molecule is CC(C)(COP(=O)(O)OP(=O)(O)OCC1OC(n2cnc3c(N)ncnc32)C(O)C1OP(=O)(O)O)C(O)C(=O)NCCC(=O)NCCSC(=O)C1CCCO1. The molecule has 2 amide bonds. The average molecular weight is 866 g/mol. The Labute approximate surface area is 316 Å². The number of rotatable bonds is 20. The molecule has 0 saturated carbocycles. The third kappa shape index (κ3) is 13.0. The number of aliphatic hydroxyl groups excluding tert-OH is 2. The fourth-order valence-corrected chi connectivity index (χ4v) is 8.74. The molecule has 0 radical (unpaired) electrons. The van der Waals surface area contributed by atoms with Gasteiger partial charge in [-0.25, -0.2) is 28.6 Å². The molecule has 25 nitrogen and oxygen atoms in total. The first-order chi connectivity index (χ1) is 25.6. The second kappa shape index (κ2) is 18.9. The summed E-state index contributed by atoms with van der Waals surface area (Å²) >= 11 is 1.04. The van der Waals surface area contributed by atoms with Gasteiger partial charge in [0, 0.05) is 37.3 Å². The number of anilines is 1. The van der Waals surface area contributed by atoms with Gasteiger partial charge in [0.15, 0.2) is 17.7 Å². The Kier molecular flexibility index (Phi) is 15.5. The number of phosphoric ester groups is 3. The summed E-state index contributed by atoms with van der Waals surface area (Å²) < 4.78 is 67.3. The highest BCUT2D eigenvalue weighted by atomic mass is 32.2. The van der Waals surface area contributed by atoms with Crippen LogP contribution in [0.1, 0.15) is 39.3 Å². The minimum Gasteiger partial charge on any atom is -0.386 e. The van der Waals surface area contributed by atoms with E-state index >= 15 is 0 Å². The van der Waals surface area contributed by atoms with Crippen LogP contribution in [0.4, 0.5) is 5.82 Å². The van der Waals surface area contributed by atoms with E-state index in [0.29, 0.717) is 18.8 Å². The monoisotopic (exact) mass is 865 g/mol. The topological polar surface area (TPSA) is 373 Å². The molecule has 0 spiro atoms. The quantitative estimate of drug-likeness (QED) is 0.0560. The van der Waals surface area contributed by atoms with Crippen molar-refractivity contribution in [3.05, 3.63) is 12.7 Å². The molecule has 4 heterocycles. The maximum absolute atomic E-state index is 12.7. The summed E-state index contributed by atoms with van der Waals surface area (Å²) in [7, 11) is -16.4. The van der Waals surface area contributed by atoms with E-state index < -0.39 is 90.7 Å². The Balaban J connectivity index is 1.23. The smallest absolute Gasteiger partial charge is 0.386 e. The number of aromatic nitrogens is 4. The molecule has 2 aromatic heterocycles. The van der Waals surface area contributed by atoms with E-state index in [9.17, 15) is 57.9 Å². The molecule has 2 saturated heterocycles. The van der Waals surface area contributed by atoms with E-state index in [1.54, 1.807) is 0 Å². The molecule has 2 fully saturated rings. The Morgan fingerprint density at radius 2 is 1.80 bits per heavy atom.